The first-order valence-electron chi connectivity index (χ1n) is 6.49. The largest absolute Gasteiger partial charge is 0.324 e. The van der Waals surface area contributed by atoms with Crippen molar-refractivity contribution >= 4 is 34.8 Å². The Bertz CT molecular complexity index is 831. The minimum Gasteiger partial charge on any atom is -0.324 e. The van der Waals surface area contributed by atoms with Gasteiger partial charge in [0.2, 0.25) is 5.91 Å². The number of anilines is 2. The maximum atomic E-state index is 13.6. The Labute approximate surface area is 136 Å². The van der Waals surface area contributed by atoms with Gasteiger partial charge in [-0.05, 0) is 36.4 Å². The minimum absolute atomic E-state index is 0.0953. The second kappa shape index (κ2) is 6.90. The van der Waals surface area contributed by atoms with Crippen LogP contribution >= 0.6 is 11.6 Å². The first kappa shape index (κ1) is 16.5. The van der Waals surface area contributed by atoms with Crippen LogP contribution in [0.1, 0.15) is 22.8 Å². The van der Waals surface area contributed by atoms with Crippen molar-refractivity contribution in [2.24, 2.45) is 0 Å². The predicted molar refractivity (Wildman–Crippen MR) is 84.8 cm³/mol. The quantitative estimate of drug-likeness (QED) is 0.902. The fraction of sp³-hybridized carbons (Fsp3) is 0.0625. The van der Waals surface area contributed by atoms with Crippen LogP contribution in [-0.4, -0.2) is 11.8 Å². The van der Waals surface area contributed by atoms with Gasteiger partial charge in [0.1, 0.15) is 5.82 Å². The molecule has 0 atom stereocenters. The lowest BCUT2D eigenvalue weighted by atomic mass is 10.1. The lowest BCUT2D eigenvalue weighted by Gasteiger charge is -2.10. The average molecular weight is 332 g/mol. The van der Waals surface area contributed by atoms with Gasteiger partial charge >= 0.3 is 0 Å². The van der Waals surface area contributed by atoms with Crippen LogP contribution < -0.4 is 10.6 Å². The number of carbonyl (C=O) groups excluding carboxylic acids is 2. The van der Waals surface area contributed by atoms with E-state index in [-0.39, 0.29) is 22.0 Å². The number of hydrogen-bond donors (Lipinski definition) is 2. The average Bonchev–Trinajstić information content (AvgIpc) is 2.51. The van der Waals surface area contributed by atoms with Gasteiger partial charge in [-0.3, -0.25) is 9.59 Å². The first-order valence-corrected chi connectivity index (χ1v) is 6.86. The zero-order chi connectivity index (χ0) is 17.0. The highest BCUT2D eigenvalue weighted by molar-refractivity contribution is 6.34. The molecule has 23 heavy (non-hydrogen) atoms. The first-order chi connectivity index (χ1) is 10.9. The molecular formula is C16H11ClFN3O2. The molecule has 2 amide bonds. The van der Waals surface area contributed by atoms with Gasteiger partial charge in [-0.2, -0.15) is 5.26 Å². The molecule has 2 aromatic rings. The molecule has 0 heterocycles. The van der Waals surface area contributed by atoms with Gasteiger partial charge in [0.25, 0.3) is 5.91 Å². The highest BCUT2D eigenvalue weighted by atomic mass is 35.5. The van der Waals surface area contributed by atoms with E-state index in [9.17, 15) is 14.0 Å². The topological polar surface area (TPSA) is 82.0 Å². The van der Waals surface area contributed by atoms with Crippen molar-refractivity contribution in [3.8, 4) is 6.07 Å². The van der Waals surface area contributed by atoms with Gasteiger partial charge in [0.15, 0.2) is 0 Å². The van der Waals surface area contributed by atoms with E-state index < -0.39 is 17.6 Å². The van der Waals surface area contributed by atoms with Gasteiger partial charge in [-0.15, -0.1) is 0 Å². The van der Waals surface area contributed by atoms with E-state index in [0.29, 0.717) is 5.56 Å². The lowest BCUT2D eigenvalue weighted by Crippen LogP contribution is -2.14. The summed E-state index contributed by atoms with van der Waals surface area (Å²) in [5.74, 6) is -1.65. The molecule has 0 spiro atoms. The monoisotopic (exact) mass is 331 g/mol. The van der Waals surface area contributed by atoms with Crippen LogP contribution in [-0.2, 0) is 4.79 Å². The summed E-state index contributed by atoms with van der Waals surface area (Å²) in [7, 11) is 0. The molecule has 7 heteroatoms. The van der Waals surface area contributed by atoms with Gasteiger partial charge in [0, 0.05) is 12.5 Å². The molecule has 0 saturated heterocycles. The van der Waals surface area contributed by atoms with E-state index in [4.69, 9.17) is 16.9 Å². The molecule has 0 aliphatic rings. The zero-order valence-corrected chi connectivity index (χ0v) is 12.7. The van der Waals surface area contributed by atoms with Gasteiger partial charge in [0.05, 0.1) is 28.0 Å². The van der Waals surface area contributed by atoms with Crippen molar-refractivity contribution in [1.29, 1.82) is 5.26 Å². The summed E-state index contributed by atoms with van der Waals surface area (Å²) in [6.45, 7) is 1.24. The van der Waals surface area contributed by atoms with Crippen LogP contribution in [0.5, 0.6) is 0 Å². The van der Waals surface area contributed by atoms with Crippen molar-refractivity contribution in [1.82, 2.24) is 0 Å². The molecule has 0 aromatic heterocycles. The van der Waals surface area contributed by atoms with E-state index in [1.54, 1.807) is 0 Å². The molecule has 0 bridgehead atoms. The molecule has 0 unspecified atom stereocenters. The van der Waals surface area contributed by atoms with E-state index in [1.807, 2.05) is 6.07 Å². The molecule has 2 rings (SSSR count). The molecule has 5 nitrogen and oxygen atoms in total. The number of amides is 2. The third kappa shape index (κ3) is 4.05. The van der Waals surface area contributed by atoms with E-state index in [2.05, 4.69) is 10.6 Å². The maximum absolute atomic E-state index is 13.6. The van der Waals surface area contributed by atoms with E-state index in [1.165, 1.54) is 37.3 Å². The molecule has 116 valence electrons. The molecule has 2 aromatic carbocycles. The number of rotatable bonds is 3. The fourth-order valence-electron chi connectivity index (χ4n) is 1.84. The predicted octanol–water partition coefficient (Wildman–Crippen LogP) is 3.56. The second-order valence-corrected chi connectivity index (χ2v) is 5.04. The highest BCUT2D eigenvalue weighted by Crippen LogP contribution is 2.24. The normalized spacial score (nSPS) is 9.83. The third-order valence-corrected chi connectivity index (χ3v) is 3.21. The number of nitrogens with zero attached hydrogens (tertiary/aromatic N) is 1. The summed E-state index contributed by atoms with van der Waals surface area (Å²) in [4.78, 5) is 23.3. The summed E-state index contributed by atoms with van der Waals surface area (Å²) in [6, 6.07) is 9.94. The van der Waals surface area contributed by atoms with Crippen LogP contribution in [0.3, 0.4) is 0 Å². The third-order valence-electron chi connectivity index (χ3n) is 2.88. The smallest absolute Gasteiger partial charge is 0.255 e. The Kier molecular flexibility index (Phi) is 4.94. The van der Waals surface area contributed by atoms with Crippen LogP contribution in [0.15, 0.2) is 36.4 Å². The van der Waals surface area contributed by atoms with Crippen LogP contribution in [0.2, 0.25) is 5.02 Å². The van der Waals surface area contributed by atoms with Crippen LogP contribution in [0.4, 0.5) is 15.8 Å². The highest BCUT2D eigenvalue weighted by Gasteiger charge is 2.12. The number of nitrogens with one attached hydrogen (secondary N) is 2. The zero-order valence-electron chi connectivity index (χ0n) is 12.0. The molecule has 0 saturated carbocycles. The molecule has 0 aliphatic carbocycles. The lowest BCUT2D eigenvalue weighted by molar-refractivity contribution is -0.114. The number of hydrogen-bond acceptors (Lipinski definition) is 3. The Morgan fingerprint density at radius 2 is 1.87 bits per heavy atom. The summed E-state index contributed by atoms with van der Waals surface area (Å²) >= 11 is 5.97. The van der Waals surface area contributed by atoms with Crippen molar-refractivity contribution < 1.29 is 14.0 Å². The van der Waals surface area contributed by atoms with Crippen molar-refractivity contribution in [2.75, 3.05) is 10.6 Å². The SMILES string of the molecule is CC(=O)Nc1cc(C(=O)Nc2cc(C#N)ccc2Cl)ccc1F. The van der Waals surface area contributed by atoms with Gasteiger partial charge in [-0.25, -0.2) is 4.39 Å². The van der Waals surface area contributed by atoms with Crippen LogP contribution in [0, 0.1) is 17.1 Å². The number of carbonyl (C=O) groups is 2. The maximum Gasteiger partial charge on any atom is 0.255 e. The van der Waals surface area contributed by atoms with Crippen molar-refractivity contribution in [3.05, 3.63) is 58.4 Å². The Morgan fingerprint density at radius 1 is 1.13 bits per heavy atom. The molecule has 0 aliphatic heterocycles. The molecule has 0 fully saturated rings. The fourth-order valence-corrected chi connectivity index (χ4v) is 2.00. The number of benzene rings is 2. The molecular weight excluding hydrogens is 321 g/mol. The summed E-state index contributed by atoms with van der Waals surface area (Å²) in [5, 5.41) is 14.0. The van der Waals surface area contributed by atoms with E-state index in [0.717, 1.165) is 6.07 Å². The summed E-state index contributed by atoms with van der Waals surface area (Å²) in [5.41, 5.74) is 0.638. The Hall–Kier alpha value is -2.91. The molecule has 2 N–H and O–H groups in total. The summed E-state index contributed by atoms with van der Waals surface area (Å²) < 4.78 is 13.6. The Balaban J connectivity index is 2.28. The van der Waals surface area contributed by atoms with Gasteiger partial charge in [-0.1, -0.05) is 11.6 Å². The Morgan fingerprint density at radius 3 is 2.52 bits per heavy atom. The standard InChI is InChI=1S/C16H11ClFN3O2/c1-9(22)20-15-7-11(3-5-13(15)18)16(23)21-14-6-10(8-19)2-4-12(14)17/h2-7H,1H3,(H,20,22)(H,21,23). The second-order valence-electron chi connectivity index (χ2n) is 4.64. The van der Waals surface area contributed by atoms with Crippen molar-refractivity contribution in [3.63, 3.8) is 0 Å². The van der Waals surface area contributed by atoms with E-state index >= 15 is 0 Å². The number of halogens is 2. The van der Waals surface area contributed by atoms with Crippen molar-refractivity contribution in [2.45, 2.75) is 6.92 Å². The summed E-state index contributed by atoms with van der Waals surface area (Å²) in [6.07, 6.45) is 0. The van der Waals surface area contributed by atoms with Gasteiger partial charge < -0.3 is 10.6 Å². The number of nitriles is 1. The van der Waals surface area contributed by atoms with Crippen LogP contribution in [0.25, 0.3) is 0 Å². The minimum atomic E-state index is -0.652. The molecule has 0 radical (unpaired) electrons.